The van der Waals surface area contributed by atoms with Gasteiger partial charge in [-0.1, -0.05) is 0 Å². The summed E-state index contributed by atoms with van der Waals surface area (Å²) in [4.78, 5) is 11.4. The van der Waals surface area contributed by atoms with E-state index in [4.69, 9.17) is 14.2 Å². The van der Waals surface area contributed by atoms with Gasteiger partial charge in [0.05, 0.1) is 19.8 Å². The fourth-order valence-electron chi connectivity index (χ4n) is 3.46. The van der Waals surface area contributed by atoms with Gasteiger partial charge in [0.25, 0.3) is 0 Å². The Morgan fingerprint density at radius 3 is 2.32 bits per heavy atom. The number of nitrogens with one attached hydrogen (secondary N) is 1. The molecule has 0 aromatic rings. The highest BCUT2D eigenvalue weighted by Crippen LogP contribution is 2.34. The van der Waals surface area contributed by atoms with Gasteiger partial charge in [-0.25, -0.2) is 0 Å². The van der Waals surface area contributed by atoms with Crippen molar-refractivity contribution in [2.45, 2.75) is 67.3 Å². The monoisotopic (exact) mass is 473 g/mol. The molecule has 182 valence electrons. The summed E-state index contributed by atoms with van der Waals surface area (Å²) in [6.45, 7) is -1.92. The average Bonchev–Trinajstić information content (AvgIpc) is 2.98. The summed E-state index contributed by atoms with van der Waals surface area (Å²) in [6, 6.07) is -1.02. The van der Waals surface area contributed by atoms with Crippen molar-refractivity contribution >= 4 is 17.7 Å². The van der Waals surface area contributed by atoms with Gasteiger partial charge in [-0.05, 0) is 18.4 Å². The van der Waals surface area contributed by atoms with E-state index in [1.807, 2.05) is 6.26 Å². The van der Waals surface area contributed by atoms with Crippen LogP contribution in [0.3, 0.4) is 0 Å². The molecule has 2 aliphatic heterocycles. The Kier molecular flexibility index (Phi) is 9.87. The molecule has 2 rings (SSSR count). The van der Waals surface area contributed by atoms with E-state index in [2.05, 4.69) is 5.32 Å². The zero-order valence-electron chi connectivity index (χ0n) is 16.9. The molecule has 1 unspecified atom stereocenters. The zero-order chi connectivity index (χ0) is 23.3. The van der Waals surface area contributed by atoms with Gasteiger partial charge in [-0.15, -0.1) is 0 Å². The number of aliphatic carboxylic acids is 1. The van der Waals surface area contributed by atoms with Crippen LogP contribution in [0.1, 0.15) is 6.42 Å². The SMILES string of the molecule is CSCC[C@H](NCC1(O)O[C@H](CO)[C@@H](O[C@@H]2O[C@H](CO)[C@H](O)[C@H](O)[C@H]2O)[C@@H]1O)C(=O)O. The first kappa shape index (κ1) is 26.6. The van der Waals surface area contributed by atoms with Gasteiger partial charge in [0.1, 0.15) is 48.8 Å². The van der Waals surface area contributed by atoms with Crippen molar-refractivity contribution in [2.24, 2.45) is 0 Å². The van der Waals surface area contributed by atoms with E-state index in [1.165, 1.54) is 11.8 Å². The van der Waals surface area contributed by atoms with Crippen molar-refractivity contribution in [1.82, 2.24) is 5.32 Å². The number of carboxylic acids is 1. The summed E-state index contributed by atoms with van der Waals surface area (Å²) in [5.74, 6) is -2.95. The summed E-state index contributed by atoms with van der Waals surface area (Å²) in [6.07, 6.45) is -10.5. The van der Waals surface area contributed by atoms with Crippen LogP contribution in [0.15, 0.2) is 0 Å². The minimum atomic E-state index is -2.33. The first-order valence-corrected chi connectivity index (χ1v) is 11.1. The Hall–Kier alpha value is -0.620. The van der Waals surface area contributed by atoms with E-state index in [0.29, 0.717) is 5.75 Å². The minimum absolute atomic E-state index is 0.247. The molecule has 0 aliphatic carbocycles. The number of hydrogen-bond donors (Lipinski definition) is 9. The third-order valence-corrected chi connectivity index (χ3v) is 5.97. The van der Waals surface area contributed by atoms with Crippen LogP contribution in [0.4, 0.5) is 0 Å². The molecule has 0 amide bonds. The lowest BCUT2D eigenvalue weighted by Gasteiger charge is -2.41. The molecule has 0 bridgehead atoms. The molecule has 31 heavy (non-hydrogen) atoms. The zero-order valence-corrected chi connectivity index (χ0v) is 17.7. The van der Waals surface area contributed by atoms with Crippen LogP contribution in [0.25, 0.3) is 0 Å². The first-order chi connectivity index (χ1) is 14.6. The summed E-state index contributed by atoms with van der Waals surface area (Å²) >= 11 is 1.44. The maximum Gasteiger partial charge on any atom is 0.320 e. The van der Waals surface area contributed by atoms with Crippen molar-refractivity contribution in [3.05, 3.63) is 0 Å². The van der Waals surface area contributed by atoms with Crippen LogP contribution in [0, 0.1) is 0 Å². The van der Waals surface area contributed by atoms with E-state index < -0.39 is 86.6 Å². The predicted molar refractivity (Wildman–Crippen MR) is 104 cm³/mol. The second-order valence-corrected chi connectivity index (χ2v) is 8.47. The van der Waals surface area contributed by atoms with Crippen molar-refractivity contribution in [3.63, 3.8) is 0 Å². The number of carbonyl (C=O) groups is 1. The number of aliphatic hydroxyl groups excluding tert-OH is 6. The van der Waals surface area contributed by atoms with E-state index in [-0.39, 0.29) is 6.42 Å². The maximum atomic E-state index is 11.4. The smallest absolute Gasteiger partial charge is 0.320 e. The van der Waals surface area contributed by atoms with Crippen molar-refractivity contribution in [3.8, 4) is 0 Å². The largest absolute Gasteiger partial charge is 0.480 e. The molecule has 10 atom stereocenters. The van der Waals surface area contributed by atoms with Gasteiger partial charge in [0, 0.05) is 0 Å². The fraction of sp³-hybridized carbons (Fsp3) is 0.941. The lowest BCUT2D eigenvalue weighted by atomic mass is 9.99. The highest BCUT2D eigenvalue weighted by molar-refractivity contribution is 7.98. The molecule has 14 heteroatoms. The maximum absolute atomic E-state index is 11.4. The molecule has 0 aromatic carbocycles. The number of ether oxygens (including phenoxy) is 3. The molecule has 2 aliphatic rings. The van der Waals surface area contributed by atoms with E-state index >= 15 is 0 Å². The lowest BCUT2D eigenvalue weighted by Crippen LogP contribution is -2.61. The predicted octanol–water partition coefficient (Wildman–Crippen LogP) is -4.59. The summed E-state index contributed by atoms with van der Waals surface area (Å²) in [5.41, 5.74) is 0. The van der Waals surface area contributed by atoms with Gasteiger partial charge < -0.3 is 55.1 Å². The normalized spacial score (nSPS) is 41.9. The van der Waals surface area contributed by atoms with Gasteiger partial charge in [0.2, 0.25) is 5.79 Å². The Morgan fingerprint density at radius 2 is 1.77 bits per heavy atom. The molecule has 2 heterocycles. The second kappa shape index (κ2) is 11.5. The average molecular weight is 473 g/mol. The molecule has 0 radical (unpaired) electrons. The third kappa shape index (κ3) is 6.04. The molecule has 0 aromatic heterocycles. The summed E-state index contributed by atoms with van der Waals surface area (Å²) in [7, 11) is 0. The van der Waals surface area contributed by atoms with Gasteiger partial charge in [0.15, 0.2) is 6.29 Å². The van der Waals surface area contributed by atoms with Crippen LogP contribution in [0.5, 0.6) is 0 Å². The standard InChI is InChI=1S/C17H31NO12S/c1-31-3-2-7(15(25)26)18-6-17(27)14(24)13(9(5-20)30-17)29-16-12(23)11(22)10(21)8(4-19)28-16/h7-14,16,18-24,27H,2-6H2,1H3,(H,25,26)/t7-,8+,9+,10-,11-,12+,13+,14-,16-,17?/m0/s1. The quantitative estimate of drug-likeness (QED) is 0.138. The van der Waals surface area contributed by atoms with Gasteiger partial charge >= 0.3 is 5.97 Å². The topological polar surface area (TPSA) is 219 Å². The highest BCUT2D eigenvalue weighted by atomic mass is 32.2. The van der Waals surface area contributed by atoms with Gasteiger partial charge in [-0.3, -0.25) is 10.1 Å². The number of thioether (sulfide) groups is 1. The van der Waals surface area contributed by atoms with Gasteiger partial charge in [-0.2, -0.15) is 11.8 Å². The molecule has 13 nitrogen and oxygen atoms in total. The second-order valence-electron chi connectivity index (χ2n) is 7.48. The third-order valence-electron chi connectivity index (χ3n) is 5.33. The first-order valence-electron chi connectivity index (χ1n) is 9.69. The van der Waals surface area contributed by atoms with Crippen LogP contribution in [-0.2, 0) is 19.0 Å². The van der Waals surface area contributed by atoms with E-state index in [1.54, 1.807) is 0 Å². The summed E-state index contributed by atoms with van der Waals surface area (Å²) in [5, 5.41) is 81.9. The van der Waals surface area contributed by atoms with Crippen molar-refractivity contribution < 1.29 is 59.9 Å². The molecule has 0 saturated carbocycles. The Labute approximate surface area is 182 Å². The Morgan fingerprint density at radius 1 is 1.13 bits per heavy atom. The molecular formula is C17H31NO12S. The van der Waals surface area contributed by atoms with Crippen LogP contribution < -0.4 is 5.32 Å². The fourth-order valence-corrected chi connectivity index (χ4v) is 3.93. The van der Waals surface area contributed by atoms with E-state index in [0.717, 1.165) is 0 Å². The van der Waals surface area contributed by atoms with Crippen molar-refractivity contribution in [1.29, 1.82) is 0 Å². The van der Waals surface area contributed by atoms with Crippen LogP contribution in [-0.4, -0.2) is 139 Å². The molecule has 0 spiro atoms. The molecular weight excluding hydrogens is 442 g/mol. The number of hydrogen-bond acceptors (Lipinski definition) is 13. The van der Waals surface area contributed by atoms with Crippen LogP contribution >= 0.6 is 11.8 Å². The Balaban J connectivity index is 2.08. The number of rotatable bonds is 11. The van der Waals surface area contributed by atoms with E-state index in [9.17, 15) is 45.6 Å². The van der Waals surface area contributed by atoms with Crippen LogP contribution in [0.2, 0.25) is 0 Å². The number of carboxylic acid groups (broad SMARTS) is 1. The molecule has 2 fully saturated rings. The lowest BCUT2D eigenvalue weighted by molar-refractivity contribution is -0.318. The van der Waals surface area contributed by atoms with Crippen molar-refractivity contribution in [2.75, 3.05) is 31.8 Å². The highest BCUT2D eigenvalue weighted by Gasteiger charge is 2.56. The molecule has 2 saturated heterocycles. The minimum Gasteiger partial charge on any atom is -0.480 e. The molecule has 9 N–H and O–H groups in total. The number of aliphatic hydroxyl groups is 7. The Bertz CT molecular complexity index is 585. The summed E-state index contributed by atoms with van der Waals surface area (Å²) < 4.78 is 16.0.